The molecular weight excluding hydrogens is 232 g/mol. The molecule has 0 fully saturated rings. The Bertz CT molecular complexity index is 606. The lowest BCUT2D eigenvalue weighted by molar-refractivity contribution is 0.0690. The van der Waals surface area contributed by atoms with Gasteiger partial charge in [-0.05, 0) is 25.7 Å². The highest BCUT2D eigenvalue weighted by Gasteiger charge is 2.21. The number of aromatic carboxylic acids is 1. The molecule has 0 aromatic carbocycles. The summed E-state index contributed by atoms with van der Waals surface area (Å²) in [4.78, 5) is 23.5. The molecule has 92 valence electrons. The van der Waals surface area contributed by atoms with Crippen LogP contribution < -0.4 is 0 Å². The molecule has 0 saturated carbocycles. The molecule has 1 aliphatic rings. The minimum Gasteiger partial charge on any atom is -0.476 e. The summed E-state index contributed by atoms with van der Waals surface area (Å²) in [5.74, 6) is -0.725. The van der Waals surface area contributed by atoms with E-state index in [4.69, 9.17) is 5.11 Å². The number of fused-ring (bicyclic) bond motifs is 1. The Morgan fingerprint density at radius 2 is 1.94 bits per heavy atom. The van der Waals surface area contributed by atoms with Gasteiger partial charge in [0, 0.05) is 18.1 Å². The fourth-order valence-corrected chi connectivity index (χ4v) is 2.31. The number of hydrogen-bond donors (Lipinski definition) is 1. The van der Waals surface area contributed by atoms with E-state index >= 15 is 0 Å². The zero-order valence-corrected chi connectivity index (χ0v) is 9.70. The second kappa shape index (κ2) is 4.21. The van der Waals surface area contributed by atoms with E-state index in [1.807, 2.05) is 0 Å². The van der Waals surface area contributed by atoms with Crippen LogP contribution in [0, 0.1) is 0 Å². The van der Waals surface area contributed by atoms with Crippen LogP contribution in [0.5, 0.6) is 0 Å². The average Bonchev–Trinajstić information content (AvgIpc) is 2.82. The summed E-state index contributed by atoms with van der Waals surface area (Å²) < 4.78 is 1.75. The Labute approximate surface area is 103 Å². The normalized spacial score (nSPS) is 14.2. The first-order valence-corrected chi connectivity index (χ1v) is 5.87. The van der Waals surface area contributed by atoms with Crippen LogP contribution in [-0.4, -0.2) is 30.6 Å². The number of rotatable bonds is 2. The van der Waals surface area contributed by atoms with Crippen molar-refractivity contribution in [3.05, 3.63) is 35.8 Å². The molecule has 2 aromatic rings. The van der Waals surface area contributed by atoms with Gasteiger partial charge < -0.3 is 5.11 Å². The van der Waals surface area contributed by atoms with Gasteiger partial charge in [0.2, 0.25) is 0 Å². The number of hydrogen-bond acceptors (Lipinski definition) is 4. The molecule has 18 heavy (non-hydrogen) atoms. The van der Waals surface area contributed by atoms with Gasteiger partial charge in [0.05, 0.1) is 5.69 Å². The summed E-state index contributed by atoms with van der Waals surface area (Å²) in [5, 5.41) is 9.13. The molecule has 0 atom stereocenters. The molecule has 2 heterocycles. The number of carbonyl (C=O) groups is 1. The Hall–Kier alpha value is -2.24. The number of aryl methyl sites for hydroxylation is 1. The van der Waals surface area contributed by atoms with Crippen molar-refractivity contribution in [2.45, 2.75) is 25.7 Å². The number of aromatic nitrogens is 4. The van der Waals surface area contributed by atoms with E-state index in [0.717, 1.165) is 37.1 Å². The average molecular weight is 244 g/mol. The predicted molar refractivity (Wildman–Crippen MR) is 62.8 cm³/mol. The molecule has 3 rings (SSSR count). The molecule has 6 nitrogen and oxygen atoms in total. The molecule has 0 unspecified atom stereocenters. The fraction of sp³-hybridized carbons (Fsp3) is 0.333. The van der Waals surface area contributed by atoms with Crippen LogP contribution in [0.3, 0.4) is 0 Å². The van der Waals surface area contributed by atoms with Crippen LogP contribution in [0.2, 0.25) is 0 Å². The highest BCUT2D eigenvalue weighted by atomic mass is 16.4. The summed E-state index contributed by atoms with van der Waals surface area (Å²) in [6.07, 6.45) is 8.62. The van der Waals surface area contributed by atoms with Gasteiger partial charge in [0.15, 0.2) is 11.5 Å². The van der Waals surface area contributed by atoms with Gasteiger partial charge in [-0.3, -0.25) is 4.57 Å². The first-order valence-electron chi connectivity index (χ1n) is 5.87. The Kier molecular flexibility index (Phi) is 2.55. The molecule has 2 aromatic heterocycles. The van der Waals surface area contributed by atoms with E-state index in [0.29, 0.717) is 5.82 Å². The lowest BCUT2D eigenvalue weighted by Gasteiger charge is -2.13. The quantitative estimate of drug-likeness (QED) is 0.859. The number of imidazole rings is 1. The van der Waals surface area contributed by atoms with Gasteiger partial charge in [0.25, 0.3) is 0 Å². The zero-order chi connectivity index (χ0) is 12.5. The number of carboxylic acids is 1. The summed E-state index contributed by atoms with van der Waals surface area (Å²) >= 11 is 0. The van der Waals surface area contributed by atoms with Gasteiger partial charge in [-0.2, -0.15) is 0 Å². The van der Waals surface area contributed by atoms with Crippen molar-refractivity contribution in [2.24, 2.45) is 0 Å². The third kappa shape index (κ3) is 1.66. The largest absolute Gasteiger partial charge is 0.476 e. The summed E-state index contributed by atoms with van der Waals surface area (Å²) in [6, 6.07) is 0. The van der Waals surface area contributed by atoms with Crippen LogP contribution in [0.25, 0.3) is 5.82 Å². The van der Waals surface area contributed by atoms with Gasteiger partial charge in [-0.25, -0.2) is 19.7 Å². The molecular formula is C12H12N4O2. The highest BCUT2D eigenvalue weighted by molar-refractivity contribution is 5.88. The van der Waals surface area contributed by atoms with Crippen LogP contribution in [0.4, 0.5) is 0 Å². The molecule has 0 bridgehead atoms. The zero-order valence-electron chi connectivity index (χ0n) is 9.70. The SMILES string of the molecule is O=C(O)c1nccnc1-n1cnc2c1CCCC2. The van der Waals surface area contributed by atoms with E-state index in [1.54, 1.807) is 10.9 Å². The summed E-state index contributed by atoms with van der Waals surface area (Å²) in [7, 11) is 0. The van der Waals surface area contributed by atoms with Crippen LogP contribution >= 0.6 is 0 Å². The maximum atomic E-state index is 11.1. The lowest BCUT2D eigenvalue weighted by Crippen LogP contribution is -2.13. The van der Waals surface area contributed by atoms with E-state index < -0.39 is 5.97 Å². The van der Waals surface area contributed by atoms with Crippen LogP contribution in [-0.2, 0) is 12.8 Å². The molecule has 1 aliphatic carbocycles. The van der Waals surface area contributed by atoms with Crippen molar-refractivity contribution in [3.63, 3.8) is 0 Å². The summed E-state index contributed by atoms with van der Waals surface area (Å²) in [5.41, 5.74) is 2.07. The van der Waals surface area contributed by atoms with E-state index in [9.17, 15) is 4.79 Å². The van der Waals surface area contributed by atoms with Crippen molar-refractivity contribution in [3.8, 4) is 5.82 Å². The Morgan fingerprint density at radius 1 is 1.17 bits per heavy atom. The van der Waals surface area contributed by atoms with E-state index in [-0.39, 0.29) is 5.69 Å². The molecule has 1 N–H and O–H groups in total. The molecule has 0 aliphatic heterocycles. The van der Waals surface area contributed by atoms with Gasteiger partial charge in [-0.15, -0.1) is 0 Å². The second-order valence-corrected chi connectivity index (χ2v) is 4.25. The minimum absolute atomic E-state index is 0.0386. The maximum absolute atomic E-state index is 11.1. The fourth-order valence-electron chi connectivity index (χ4n) is 2.31. The van der Waals surface area contributed by atoms with E-state index in [1.165, 1.54) is 12.4 Å². The molecule has 0 spiro atoms. The summed E-state index contributed by atoms with van der Waals surface area (Å²) in [6.45, 7) is 0. The molecule has 0 amide bonds. The smallest absolute Gasteiger partial charge is 0.358 e. The van der Waals surface area contributed by atoms with Gasteiger partial charge >= 0.3 is 5.97 Å². The topological polar surface area (TPSA) is 80.9 Å². The first-order chi connectivity index (χ1) is 8.77. The van der Waals surface area contributed by atoms with Crippen molar-refractivity contribution in [1.29, 1.82) is 0 Å². The third-order valence-electron chi connectivity index (χ3n) is 3.14. The van der Waals surface area contributed by atoms with E-state index in [2.05, 4.69) is 15.0 Å². The molecule has 0 radical (unpaired) electrons. The van der Waals surface area contributed by atoms with Crippen molar-refractivity contribution in [2.75, 3.05) is 0 Å². The minimum atomic E-state index is -1.07. The monoisotopic (exact) mass is 244 g/mol. The highest BCUT2D eigenvalue weighted by Crippen LogP contribution is 2.23. The number of carboxylic acid groups (broad SMARTS) is 1. The first kappa shape index (κ1) is 10.9. The van der Waals surface area contributed by atoms with Crippen LogP contribution in [0.1, 0.15) is 34.7 Å². The Morgan fingerprint density at radius 3 is 2.78 bits per heavy atom. The van der Waals surface area contributed by atoms with Crippen LogP contribution in [0.15, 0.2) is 18.7 Å². The van der Waals surface area contributed by atoms with Gasteiger partial charge in [0.1, 0.15) is 6.33 Å². The lowest BCUT2D eigenvalue weighted by atomic mass is 10.0. The molecule has 6 heteroatoms. The third-order valence-corrected chi connectivity index (χ3v) is 3.14. The number of nitrogens with zero attached hydrogens (tertiary/aromatic N) is 4. The Balaban J connectivity index is 2.15. The van der Waals surface area contributed by atoms with Gasteiger partial charge in [-0.1, -0.05) is 0 Å². The van der Waals surface area contributed by atoms with Crippen molar-refractivity contribution in [1.82, 2.24) is 19.5 Å². The van der Waals surface area contributed by atoms with Crippen molar-refractivity contribution < 1.29 is 9.90 Å². The second-order valence-electron chi connectivity index (χ2n) is 4.25. The predicted octanol–water partition coefficient (Wildman–Crippen LogP) is 1.24. The molecule has 0 saturated heterocycles. The van der Waals surface area contributed by atoms with Crippen molar-refractivity contribution >= 4 is 5.97 Å². The maximum Gasteiger partial charge on any atom is 0.358 e. The standard InChI is InChI=1S/C12H12N4O2/c17-12(18)10-11(14-6-5-13-10)16-7-15-8-3-1-2-4-9(8)16/h5-7H,1-4H2,(H,17,18).